The fourth-order valence-electron chi connectivity index (χ4n) is 1.78. The minimum Gasteiger partial charge on any atom is -0.462 e. The van der Waals surface area contributed by atoms with Crippen molar-refractivity contribution in [3.05, 3.63) is 35.6 Å². The number of benzene rings is 1. The van der Waals surface area contributed by atoms with Gasteiger partial charge in [-0.3, -0.25) is 4.79 Å². The standard InChI is InChI=1S/C11H11FO2/c1-7-10(6-11(13)14-7)8-2-4-9(12)5-3-8/h2-5,7,10H,6H2,1H3/t7?,10-/m0/s1. The third-order valence-electron chi connectivity index (χ3n) is 2.57. The van der Waals surface area contributed by atoms with Crippen molar-refractivity contribution in [2.75, 3.05) is 0 Å². The normalized spacial score (nSPS) is 26.3. The Bertz CT molecular complexity index is 345. The van der Waals surface area contributed by atoms with Crippen LogP contribution in [-0.4, -0.2) is 12.1 Å². The van der Waals surface area contributed by atoms with Gasteiger partial charge < -0.3 is 4.74 Å². The van der Waals surface area contributed by atoms with E-state index < -0.39 is 0 Å². The van der Waals surface area contributed by atoms with Crippen LogP contribution in [0.15, 0.2) is 24.3 Å². The quantitative estimate of drug-likeness (QED) is 0.641. The molecule has 3 heteroatoms. The van der Waals surface area contributed by atoms with Crippen molar-refractivity contribution in [2.45, 2.75) is 25.4 Å². The molecule has 1 aromatic rings. The summed E-state index contributed by atoms with van der Waals surface area (Å²) >= 11 is 0. The lowest BCUT2D eigenvalue weighted by Gasteiger charge is -2.12. The van der Waals surface area contributed by atoms with Crippen LogP contribution in [0.2, 0.25) is 0 Å². The molecule has 2 rings (SSSR count). The first-order valence-corrected chi connectivity index (χ1v) is 4.62. The summed E-state index contributed by atoms with van der Waals surface area (Å²) in [4.78, 5) is 11.0. The minimum absolute atomic E-state index is 0.0723. The van der Waals surface area contributed by atoms with Crippen LogP contribution in [0.4, 0.5) is 4.39 Å². The number of ether oxygens (including phenoxy) is 1. The van der Waals surface area contributed by atoms with E-state index in [1.807, 2.05) is 6.92 Å². The molecule has 1 saturated heterocycles. The Morgan fingerprint density at radius 2 is 2.00 bits per heavy atom. The van der Waals surface area contributed by atoms with E-state index in [-0.39, 0.29) is 23.8 Å². The highest BCUT2D eigenvalue weighted by molar-refractivity contribution is 5.73. The van der Waals surface area contributed by atoms with E-state index in [0.29, 0.717) is 6.42 Å². The van der Waals surface area contributed by atoms with Crippen molar-refractivity contribution in [2.24, 2.45) is 0 Å². The number of carbonyl (C=O) groups excluding carboxylic acids is 1. The first kappa shape index (κ1) is 9.19. The van der Waals surface area contributed by atoms with Crippen molar-refractivity contribution < 1.29 is 13.9 Å². The van der Waals surface area contributed by atoms with Gasteiger partial charge in [0.15, 0.2) is 0 Å². The van der Waals surface area contributed by atoms with Crippen LogP contribution in [0.3, 0.4) is 0 Å². The summed E-state index contributed by atoms with van der Waals surface area (Å²) in [7, 11) is 0. The van der Waals surface area contributed by atoms with Gasteiger partial charge in [-0.05, 0) is 24.6 Å². The van der Waals surface area contributed by atoms with Gasteiger partial charge >= 0.3 is 5.97 Å². The molecule has 1 aliphatic rings. The Morgan fingerprint density at radius 3 is 2.50 bits per heavy atom. The Balaban J connectivity index is 2.23. The smallest absolute Gasteiger partial charge is 0.306 e. The highest BCUT2D eigenvalue weighted by atomic mass is 19.1. The monoisotopic (exact) mass is 194 g/mol. The number of cyclic esters (lactones) is 1. The number of rotatable bonds is 1. The van der Waals surface area contributed by atoms with E-state index in [4.69, 9.17) is 4.74 Å². The van der Waals surface area contributed by atoms with Crippen LogP contribution >= 0.6 is 0 Å². The van der Waals surface area contributed by atoms with E-state index in [9.17, 15) is 9.18 Å². The van der Waals surface area contributed by atoms with Gasteiger partial charge in [0, 0.05) is 5.92 Å². The molecular weight excluding hydrogens is 183 g/mol. The van der Waals surface area contributed by atoms with Gasteiger partial charge in [-0.25, -0.2) is 4.39 Å². The zero-order chi connectivity index (χ0) is 10.1. The zero-order valence-corrected chi connectivity index (χ0v) is 7.87. The molecule has 2 nitrogen and oxygen atoms in total. The summed E-state index contributed by atoms with van der Waals surface area (Å²) < 4.78 is 17.7. The van der Waals surface area contributed by atoms with E-state index >= 15 is 0 Å². The van der Waals surface area contributed by atoms with Gasteiger partial charge in [0.25, 0.3) is 0 Å². The number of hydrogen-bond donors (Lipinski definition) is 0. The number of halogens is 1. The van der Waals surface area contributed by atoms with E-state index in [2.05, 4.69) is 0 Å². The SMILES string of the molecule is CC1OC(=O)C[C@@H]1c1ccc(F)cc1. The molecule has 0 N–H and O–H groups in total. The maximum atomic E-state index is 12.6. The highest BCUT2D eigenvalue weighted by Crippen LogP contribution is 2.31. The van der Waals surface area contributed by atoms with Crippen LogP contribution in [0.25, 0.3) is 0 Å². The maximum absolute atomic E-state index is 12.6. The van der Waals surface area contributed by atoms with E-state index in [0.717, 1.165) is 5.56 Å². The molecule has 1 aromatic carbocycles. The van der Waals surface area contributed by atoms with Crippen LogP contribution in [0, 0.1) is 5.82 Å². The van der Waals surface area contributed by atoms with Crippen LogP contribution < -0.4 is 0 Å². The summed E-state index contributed by atoms with van der Waals surface area (Å²) in [5.41, 5.74) is 0.963. The van der Waals surface area contributed by atoms with Gasteiger partial charge in [-0.2, -0.15) is 0 Å². The molecule has 74 valence electrons. The Labute approximate surface area is 81.7 Å². The second-order valence-corrected chi connectivity index (χ2v) is 3.56. The summed E-state index contributed by atoms with van der Waals surface area (Å²) in [6.45, 7) is 1.86. The molecule has 1 fully saturated rings. The lowest BCUT2D eigenvalue weighted by molar-refractivity contribution is -0.140. The molecule has 1 heterocycles. The first-order chi connectivity index (χ1) is 6.66. The molecule has 14 heavy (non-hydrogen) atoms. The fourth-order valence-corrected chi connectivity index (χ4v) is 1.78. The molecule has 0 saturated carbocycles. The molecule has 0 radical (unpaired) electrons. The molecule has 1 unspecified atom stereocenters. The third kappa shape index (κ3) is 1.62. The van der Waals surface area contributed by atoms with Crippen molar-refractivity contribution in [3.63, 3.8) is 0 Å². The summed E-state index contributed by atoms with van der Waals surface area (Å²) in [6.07, 6.45) is 0.292. The first-order valence-electron chi connectivity index (χ1n) is 4.62. The molecule has 1 aliphatic heterocycles. The number of hydrogen-bond acceptors (Lipinski definition) is 2. The van der Waals surface area contributed by atoms with Gasteiger partial charge in [-0.15, -0.1) is 0 Å². The largest absolute Gasteiger partial charge is 0.462 e. The second kappa shape index (κ2) is 3.40. The van der Waals surface area contributed by atoms with Gasteiger partial charge in [0.1, 0.15) is 11.9 Å². The topological polar surface area (TPSA) is 26.3 Å². The predicted molar refractivity (Wildman–Crippen MR) is 49.3 cm³/mol. The van der Waals surface area contributed by atoms with Crippen molar-refractivity contribution in [1.82, 2.24) is 0 Å². The van der Waals surface area contributed by atoms with Crippen molar-refractivity contribution >= 4 is 5.97 Å². The van der Waals surface area contributed by atoms with Crippen molar-refractivity contribution in [1.29, 1.82) is 0 Å². The average Bonchev–Trinajstić information content (AvgIpc) is 2.47. The second-order valence-electron chi connectivity index (χ2n) is 3.56. The summed E-state index contributed by atoms with van der Waals surface area (Å²) in [5.74, 6) is -0.360. The molecule has 0 bridgehead atoms. The summed E-state index contributed by atoms with van der Waals surface area (Å²) in [5, 5.41) is 0. The number of carbonyl (C=O) groups is 1. The highest BCUT2D eigenvalue weighted by Gasteiger charge is 2.32. The summed E-state index contributed by atoms with van der Waals surface area (Å²) in [6, 6.07) is 6.23. The zero-order valence-electron chi connectivity index (χ0n) is 7.87. The predicted octanol–water partition coefficient (Wildman–Crippen LogP) is 2.24. The van der Waals surface area contributed by atoms with Crippen molar-refractivity contribution in [3.8, 4) is 0 Å². The molecule has 2 atom stereocenters. The van der Waals surface area contributed by atoms with Gasteiger partial charge in [0.2, 0.25) is 0 Å². The van der Waals surface area contributed by atoms with Crippen LogP contribution in [0.1, 0.15) is 24.8 Å². The lowest BCUT2D eigenvalue weighted by atomic mass is 9.93. The van der Waals surface area contributed by atoms with E-state index in [1.54, 1.807) is 12.1 Å². The Morgan fingerprint density at radius 1 is 1.36 bits per heavy atom. The van der Waals surface area contributed by atoms with E-state index in [1.165, 1.54) is 12.1 Å². The Kier molecular flexibility index (Phi) is 2.23. The van der Waals surface area contributed by atoms with Crippen LogP contribution in [-0.2, 0) is 9.53 Å². The molecule has 0 spiro atoms. The Hall–Kier alpha value is -1.38. The molecular formula is C11H11FO2. The van der Waals surface area contributed by atoms with Gasteiger partial charge in [-0.1, -0.05) is 12.1 Å². The lowest BCUT2D eigenvalue weighted by Crippen LogP contribution is -2.09. The third-order valence-corrected chi connectivity index (χ3v) is 2.57. The average molecular weight is 194 g/mol. The van der Waals surface area contributed by atoms with Gasteiger partial charge in [0.05, 0.1) is 6.42 Å². The number of esters is 1. The molecule has 0 aromatic heterocycles. The minimum atomic E-state index is -0.258. The molecule has 0 amide bonds. The molecule has 0 aliphatic carbocycles. The fraction of sp³-hybridized carbons (Fsp3) is 0.364. The maximum Gasteiger partial charge on any atom is 0.306 e. The van der Waals surface area contributed by atoms with Crippen LogP contribution in [0.5, 0.6) is 0 Å².